The van der Waals surface area contributed by atoms with Gasteiger partial charge in [0.05, 0.1) is 10.7 Å². The number of aliphatic imine (C=N–C) groups is 1. The first kappa shape index (κ1) is 14.3. The highest BCUT2D eigenvalue weighted by molar-refractivity contribution is 7.11. The van der Waals surface area contributed by atoms with Crippen LogP contribution >= 0.6 is 11.3 Å². The van der Waals surface area contributed by atoms with E-state index < -0.39 is 0 Å². The second kappa shape index (κ2) is 6.37. The summed E-state index contributed by atoms with van der Waals surface area (Å²) in [6, 6.07) is 0.616. The van der Waals surface area contributed by atoms with Crippen molar-refractivity contribution in [1.29, 1.82) is 0 Å². The van der Waals surface area contributed by atoms with E-state index in [1.54, 1.807) is 11.3 Å². The molecule has 1 aliphatic rings. The van der Waals surface area contributed by atoms with Crippen molar-refractivity contribution in [2.75, 3.05) is 13.1 Å². The highest BCUT2D eigenvalue weighted by Gasteiger charge is 2.33. The average molecular weight is 280 g/mol. The van der Waals surface area contributed by atoms with Crippen LogP contribution in [-0.2, 0) is 6.42 Å². The van der Waals surface area contributed by atoms with Crippen molar-refractivity contribution in [3.05, 3.63) is 15.6 Å². The van der Waals surface area contributed by atoms with Crippen molar-refractivity contribution in [3.63, 3.8) is 0 Å². The minimum atomic E-state index is 0.616. The zero-order chi connectivity index (χ0) is 13.8. The Labute approximate surface area is 119 Å². The summed E-state index contributed by atoms with van der Waals surface area (Å²) in [6.07, 6.45) is 2.24. The second-order valence-corrected chi connectivity index (χ2v) is 6.50. The van der Waals surface area contributed by atoms with Crippen molar-refractivity contribution in [3.8, 4) is 0 Å². The molecule has 0 bridgehead atoms. The first-order chi connectivity index (χ1) is 9.10. The normalized spacial score (nSPS) is 22.4. The quantitative estimate of drug-likeness (QED) is 0.642. The molecule has 1 aromatic rings. The minimum absolute atomic E-state index is 0.616. The molecule has 1 heterocycles. The molecule has 0 aromatic carbocycles. The van der Waals surface area contributed by atoms with Gasteiger partial charge in [0.2, 0.25) is 0 Å². The number of aryl methyl sites for hydroxylation is 2. The molecule has 2 unspecified atom stereocenters. The summed E-state index contributed by atoms with van der Waals surface area (Å²) in [5.74, 6) is 1.74. The van der Waals surface area contributed by atoms with Gasteiger partial charge in [-0.3, -0.25) is 4.99 Å². The number of nitrogens with zero attached hydrogens (tertiary/aromatic N) is 2. The van der Waals surface area contributed by atoms with Gasteiger partial charge in [-0.2, -0.15) is 0 Å². The molecule has 5 heteroatoms. The number of nitrogens with one attached hydrogen (secondary N) is 2. The first-order valence-electron chi connectivity index (χ1n) is 7.08. The maximum atomic E-state index is 4.65. The zero-order valence-electron chi connectivity index (χ0n) is 12.3. The maximum absolute atomic E-state index is 4.65. The lowest BCUT2D eigenvalue weighted by atomic mass is 10.3. The SMILES string of the molecule is CCNC(=NCCc1sc(C)nc1C)NC1CC1C. The molecule has 19 heavy (non-hydrogen) atoms. The predicted octanol–water partition coefficient (Wildman–Crippen LogP) is 2.27. The van der Waals surface area contributed by atoms with Gasteiger partial charge in [0, 0.05) is 30.4 Å². The highest BCUT2D eigenvalue weighted by atomic mass is 32.1. The Bertz CT molecular complexity index is 452. The van der Waals surface area contributed by atoms with Gasteiger partial charge in [0.1, 0.15) is 0 Å². The molecule has 2 rings (SSSR count). The summed E-state index contributed by atoms with van der Waals surface area (Å²) >= 11 is 1.78. The van der Waals surface area contributed by atoms with Gasteiger partial charge in [0.25, 0.3) is 0 Å². The van der Waals surface area contributed by atoms with Crippen molar-refractivity contribution < 1.29 is 0 Å². The summed E-state index contributed by atoms with van der Waals surface area (Å²) in [7, 11) is 0. The Morgan fingerprint density at radius 2 is 2.21 bits per heavy atom. The van der Waals surface area contributed by atoms with Crippen LogP contribution in [0.1, 0.15) is 35.8 Å². The summed E-state index contributed by atoms with van der Waals surface area (Å²) < 4.78 is 0. The van der Waals surface area contributed by atoms with Crippen LogP contribution in [0.5, 0.6) is 0 Å². The van der Waals surface area contributed by atoms with E-state index in [0.29, 0.717) is 6.04 Å². The van der Waals surface area contributed by atoms with Crippen molar-refractivity contribution in [2.45, 2.75) is 46.6 Å². The average Bonchev–Trinajstić information content (AvgIpc) is 2.93. The molecule has 2 atom stereocenters. The van der Waals surface area contributed by atoms with Gasteiger partial charge < -0.3 is 10.6 Å². The topological polar surface area (TPSA) is 49.3 Å². The van der Waals surface area contributed by atoms with Gasteiger partial charge >= 0.3 is 0 Å². The van der Waals surface area contributed by atoms with E-state index in [1.165, 1.54) is 11.3 Å². The fraction of sp³-hybridized carbons (Fsp3) is 0.714. The maximum Gasteiger partial charge on any atom is 0.191 e. The fourth-order valence-corrected chi connectivity index (χ4v) is 3.02. The summed E-state index contributed by atoms with van der Waals surface area (Å²) in [5, 5.41) is 7.93. The standard InChI is InChI=1S/C14H24N4S/c1-5-15-14(18-12-8-9(12)2)16-7-6-13-10(3)17-11(4)19-13/h9,12H,5-8H2,1-4H3,(H2,15,16,18). The third-order valence-electron chi connectivity index (χ3n) is 3.38. The number of hydrogen-bond acceptors (Lipinski definition) is 3. The Kier molecular flexibility index (Phi) is 4.80. The van der Waals surface area contributed by atoms with E-state index >= 15 is 0 Å². The molecule has 1 aromatic heterocycles. The third kappa shape index (κ3) is 4.20. The highest BCUT2D eigenvalue weighted by Crippen LogP contribution is 2.28. The molecule has 0 radical (unpaired) electrons. The van der Waals surface area contributed by atoms with Crippen molar-refractivity contribution in [2.24, 2.45) is 10.9 Å². The van der Waals surface area contributed by atoms with E-state index in [9.17, 15) is 0 Å². The smallest absolute Gasteiger partial charge is 0.191 e. The van der Waals surface area contributed by atoms with Crippen LogP contribution in [0.25, 0.3) is 0 Å². The van der Waals surface area contributed by atoms with Gasteiger partial charge in [0.15, 0.2) is 5.96 Å². The lowest BCUT2D eigenvalue weighted by molar-refractivity contribution is 0.765. The summed E-state index contributed by atoms with van der Waals surface area (Å²) in [5.41, 5.74) is 1.16. The van der Waals surface area contributed by atoms with Crippen LogP contribution < -0.4 is 10.6 Å². The molecule has 1 aliphatic carbocycles. The van der Waals surface area contributed by atoms with Crippen LogP contribution in [0.15, 0.2) is 4.99 Å². The number of hydrogen-bond donors (Lipinski definition) is 2. The van der Waals surface area contributed by atoms with Crippen LogP contribution in [0.3, 0.4) is 0 Å². The summed E-state index contributed by atoms with van der Waals surface area (Å²) in [6.45, 7) is 10.2. The largest absolute Gasteiger partial charge is 0.357 e. The molecular formula is C14H24N4S. The second-order valence-electron chi connectivity index (χ2n) is 5.22. The molecule has 0 saturated heterocycles. The van der Waals surface area contributed by atoms with Crippen LogP contribution in [0, 0.1) is 19.8 Å². The van der Waals surface area contributed by atoms with Crippen LogP contribution in [0.4, 0.5) is 0 Å². The van der Waals surface area contributed by atoms with Crippen LogP contribution in [-0.4, -0.2) is 30.1 Å². The van der Waals surface area contributed by atoms with E-state index in [2.05, 4.69) is 48.3 Å². The van der Waals surface area contributed by atoms with E-state index in [4.69, 9.17) is 0 Å². The Hall–Kier alpha value is -1.10. The third-order valence-corrected chi connectivity index (χ3v) is 4.52. The Balaban J connectivity index is 1.85. The Morgan fingerprint density at radius 3 is 2.74 bits per heavy atom. The van der Waals surface area contributed by atoms with Crippen LogP contribution in [0.2, 0.25) is 0 Å². The van der Waals surface area contributed by atoms with E-state index in [1.807, 2.05) is 0 Å². The van der Waals surface area contributed by atoms with E-state index in [0.717, 1.165) is 42.1 Å². The monoisotopic (exact) mass is 280 g/mol. The van der Waals surface area contributed by atoms with Crippen molar-refractivity contribution in [1.82, 2.24) is 15.6 Å². The van der Waals surface area contributed by atoms with Gasteiger partial charge in [-0.25, -0.2) is 4.98 Å². The molecule has 0 amide bonds. The number of guanidine groups is 1. The van der Waals surface area contributed by atoms with Gasteiger partial charge in [-0.1, -0.05) is 6.92 Å². The number of aromatic nitrogens is 1. The molecule has 1 saturated carbocycles. The number of rotatable bonds is 5. The van der Waals surface area contributed by atoms with Crippen molar-refractivity contribution >= 4 is 17.3 Å². The van der Waals surface area contributed by atoms with Gasteiger partial charge in [-0.15, -0.1) is 11.3 Å². The lowest BCUT2D eigenvalue weighted by Gasteiger charge is -2.10. The fourth-order valence-electron chi connectivity index (χ4n) is 2.09. The first-order valence-corrected chi connectivity index (χ1v) is 7.89. The molecule has 0 spiro atoms. The molecule has 2 N–H and O–H groups in total. The molecule has 1 fully saturated rings. The summed E-state index contributed by atoms with van der Waals surface area (Å²) in [4.78, 5) is 10.5. The van der Waals surface area contributed by atoms with E-state index in [-0.39, 0.29) is 0 Å². The molecule has 106 valence electrons. The lowest BCUT2D eigenvalue weighted by Crippen LogP contribution is -2.39. The molecule has 0 aliphatic heterocycles. The molecule has 4 nitrogen and oxygen atoms in total. The Morgan fingerprint density at radius 1 is 1.47 bits per heavy atom. The van der Waals surface area contributed by atoms with Gasteiger partial charge in [-0.05, 0) is 33.1 Å². The predicted molar refractivity (Wildman–Crippen MR) is 82.0 cm³/mol. The zero-order valence-corrected chi connectivity index (χ0v) is 13.1. The minimum Gasteiger partial charge on any atom is -0.357 e. The molecular weight excluding hydrogens is 256 g/mol. The number of thiazole rings is 1.